The number of nitrogens with zero attached hydrogens (tertiary/aromatic N) is 1. The number of hydrogen-bond donors (Lipinski definition) is 2. The van der Waals surface area contributed by atoms with Gasteiger partial charge in [0.05, 0.1) is 18.9 Å². The summed E-state index contributed by atoms with van der Waals surface area (Å²) in [6.45, 7) is 0. The van der Waals surface area contributed by atoms with Crippen molar-refractivity contribution >= 4 is 23.4 Å². The molecule has 6 nitrogen and oxygen atoms in total. The number of carbonyl (C=O) groups is 1. The third kappa shape index (κ3) is 4.13. The van der Waals surface area contributed by atoms with E-state index in [1.807, 2.05) is 18.2 Å². The average molecular weight is 291 g/mol. The first-order chi connectivity index (χ1) is 9.67. The normalized spacial score (nSPS) is 10.1. The van der Waals surface area contributed by atoms with Gasteiger partial charge in [0.25, 0.3) is 5.56 Å². The van der Waals surface area contributed by atoms with Gasteiger partial charge in [-0.05, 0) is 12.1 Å². The minimum absolute atomic E-state index is 0.144. The molecule has 0 aliphatic rings. The standard InChI is InChI=1S/C13H13N3O3S/c1-19-12-7-10(17)15-13(16-12)20-8-11(18)14-9-5-3-2-4-6-9/h2-7H,8H2,1H3,(H,14,18)(H,15,16,17). The molecule has 0 unspecified atom stereocenters. The molecule has 0 aliphatic heterocycles. The fraction of sp³-hybridized carbons (Fsp3) is 0.154. The minimum atomic E-state index is -0.317. The van der Waals surface area contributed by atoms with Gasteiger partial charge in [0.1, 0.15) is 0 Å². The second-order valence-corrected chi connectivity index (χ2v) is 4.76. The van der Waals surface area contributed by atoms with Crippen LogP contribution >= 0.6 is 11.8 Å². The second-order valence-electron chi connectivity index (χ2n) is 3.80. The predicted octanol–water partition coefficient (Wildman–Crippen LogP) is 1.51. The molecule has 104 valence electrons. The van der Waals surface area contributed by atoms with Crippen LogP contribution in [-0.2, 0) is 4.79 Å². The van der Waals surface area contributed by atoms with Gasteiger partial charge in [0.15, 0.2) is 5.16 Å². The molecule has 2 rings (SSSR count). The number of ether oxygens (including phenoxy) is 1. The summed E-state index contributed by atoms with van der Waals surface area (Å²) >= 11 is 1.13. The lowest BCUT2D eigenvalue weighted by molar-refractivity contribution is -0.113. The Morgan fingerprint density at radius 2 is 2.15 bits per heavy atom. The molecule has 1 aromatic heterocycles. The molecule has 20 heavy (non-hydrogen) atoms. The van der Waals surface area contributed by atoms with E-state index in [0.29, 0.717) is 5.16 Å². The number of hydrogen-bond acceptors (Lipinski definition) is 5. The van der Waals surface area contributed by atoms with Crippen LogP contribution in [0.2, 0.25) is 0 Å². The average Bonchev–Trinajstić information content (AvgIpc) is 2.45. The molecule has 0 saturated carbocycles. The van der Waals surface area contributed by atoms with Crippen LogP contribution in [-0.4, -0.2) is 28.7 Å². The van der Waals surface area contributed by atoms with Crippen molar-refractivity contribution in [3.05, 3.63) is 46.8 Å². The fourth-order valence-corrected chi connectivity index (χ4v) is 2.11. The number of anilines is 1. The molecule has 1 amide bonds. The number of aromatic amines is 1. The van der Waals surface area contributed by atoms with E-state index in [9.17, 15) is 9.59 Å². The summed E-state index contributed by atoms with van der Waals surface area (Å²) in [7, 11) is 1.43. The SMILES string of the molecule is COc1cc(=O)[nH]c(SCC(=O)Nc2ccccc2)n1. The molecule has 0 aliphatic carbocycles. The predicted molar refractivity (Wildman–Crippen MR) is 77.2 cm³/mol. The van der Waals surface area contributed by atoms with E-state index in [2.05, 4.69) is 15.3 Å². The Hall–Kier alpha value is -2.28. The third-order valence-electron chi connectivity index (χ3n) is 2.30. The number of H-pyrrole nitrogens is 1. The number of thioether (sulfide) groups is 1. The van der Waals surface area contributed by atoms with Crippen LogP contribution in [0.15, 0.2) is 46.3 Å². The van der Waals surface area contributed by atoms with E-state index in [1.54, 1.807) is 12.1 Å². The molecule has 1 aromatic carbocycles. The van der Waals surface area contributed by atoms with Gasteiger partial charge in [-0.25, -0.2) is 0 Å². The summed E-state index contributed by atoms with van der Waals surface area (Å²) in [5.74, 6) is 0.191. The Bertz CT molecular complexity index is 643. The highest BCUT2D eigenvalue weighted by Crippen LogP contribution is 2.14. The van der Waals surface area contributed by atoms with Gasteiger partial charge >= 0.3 is 0 Å². The van der Waals surface area contributed by atoms with E-state index in [0.717, 1.165) is 17.4 Å². The lowest BCUT2D eigenvalue weighted by atomic mass is 10.3. The zero-order valence-electron chi connectivity index (χ0n) is 10.8. The van der Waals surface area contributed by atoms with E-state index < -0.39 is 0 Å². The second kappa shape index (κ2) is 6.76. The number of carbonyl (C=O) groups excluding carboxylic acids is 1. The molecule has 2 aromatic rings. The Balaban J connectivity index is 1.93. The summed E-state index contributed by atoms with van der Waals surface area (Å²) in [6.07, 6.45) is 0. The number of amides is 1. The van der Waals surface area contributed by atoms with Crippen LogP contribution in [0.3, 0.4) is 0 Å². The van der Waals surface area contributed by atoms with Crippen LogP contribution in [0.5, 0.6) is 5.88 Å². The van der Waals surface area contributed by atoms with Gasteiger partial charge in [0.2, 0.25) is 11.8 Å². The largest absolute Gasteiger partial charge is 0.481 e. The van der Waals surface area contributed by atoms with Crippen molar-refractivity contribution in [3.63, 3.8) is 0 Å². The summed E-state index contributed by atoms with van der Waals surface area (Å²) in [5.41, 5.74) is 0.410. The highest BCUT2D eigenvalue weighted by atomic mass is 32.2. The monoisotopic (exact) mass is 291 g/mol. The molecule has 0 radical (unpaired) electrons. The van der Waals surface area contributed by atoms with E-state index in [1.165, 1.54) is 13.2 Å². The van der Waals surface area contributed by atoms with Crippen molar-refractivity contribution in [2.24, 2.45) is 0 Å². The maximum Gasteiger partial charge on any atom is 0.255 e. The lowest BCUT2D eigenvalue weighted by Gasteiger charge is -2.05. The number of nitrogens with one attached hydrogen (secondary N) is 2. The maximum atomic E-state index is 11.7. The lowest BCUT2D eigenvalue weighted by Crippen LogP contribution is -2.15. The van der Waals surface area contributed by atoms with Crippen LogP contribution in [0, 0.1) is 0 Å². The molecule has 0 spiro atoms. The molecule has 0 saturated heterocycles. The number of benzene rings is 1. The van der Waals surface area contributed by atoms with E-state index in [-0.39, 0.29) is 23.1 Å². The number of methoxy groups -OCH3 is 1. The van der Waals surface area contributed by atoms with Gasteiger partial charge in [-0.1, -0.05) is 30.0 Å². The van der Waals surface area contributed by atoms with Gasteiger partial charge in [-0.3, -0.25) is 9.59 Å². The van der Waals surface area contributed by atoms with Crippen molar-refractivity contribution in [3.8, 4) is 5.88 Å². The first-order valence-corrected chi connectivity index (χ1v) is 6.79. The molecule has 0 atom stereocenters. The number of rotatable bonds is 5. The topological polar surface area (TPSA) is 84.1 Å². The van der Waals surface area contributed by atoms with Crippen molar-refractivity contribution in [2.75, 3.05) is 18.2 Å². The number of aromatic nitrogens is 2. The van der Waals surface area contributed by atoms with Crippen LogP contribution in [0.4, 0.5) is 5.69 Å². The van der Waals surface area contributed by atoms with Crippen molar-refractivity contribution in [1.82, 2.24) is 9.97 Å². The minimum Gasteiger partial charge on any atom is -0.481 e. The van der Waals surface area contributed by atoms with Gasteiger partial charge in [-0.15, -0.1) is 0 Å². The Labute approximate surface area is 119 Å². The van der Waals surface area contributed by atoms with Crippen molar-refractivity contribution < 1.29 is 9.53 Å². The Kier molecular flexibility index (Phi) is 4.78. The number of para-hydroxylation sites is 1. The first kappa shape index (κ1) is 14.1. The van der Waals surface area contributed by atoms with Gasteiger partial charge in [0, 0.05) is 5.69 Å². The van der Waals surface area contributed by atoms with Gasteiger partial charge < -0.3 is 15.0 Å². The first-order valence-electron chi connectivity index (χ1n) is 5.80. The fourth-order valence-electron chi connectivity index (χ4n) is 1.44. The molecule has 0 fully saturated rings. The Morgan fingerprint density at radius 1 is 1.40 bits per heavy atom. The van der Waals surface area contributed by atoms with Crippen LogP contribution in [0.25, 0.3) is 0 Å². The van der Waals surface area contributed by atoms with Crippen molar-refractivity contribution in [2.45, 2.75) is 5.16 Å². The summed E-state index contributed by atoms with van der Waals surface area (Å²) in [5, 5.41) is 3.09. The highest BCUT2D eigenvalue weighted by Gasteiger charge is 2.06. The smallest absolute Gasteiger partial charge is 0.255 e. The third-order valence-corrected chi connectivity index (χ3v) is 3.18. The van der Waals surface area contributed by atoms with Crippen molar-refractivity contribution in [1.29, 1.82) is 0 Å². The Morgan fingerprint density at radius 3 is 2.85 bits per heavy atom. The molecule has 0 bridgehead atoms. The summed E-state index contributed by atoms with van der Waals surface area (Å²) in [6, 6.07) is 10.4. The summed E-state index contributed by atoms with van der Waals surface area (Å²) in [4.78, 5) is 29.6. The van der Waals surface area contributed by atoms with E-state index >= 15 is 0 Å². The zero-order valence-corrected chi connectivity index (χ0v) is 11.6. The van der Waals surface area contributed by atoms with Crippen LogP contribution in [0.1, 0.15) is 0 Å². The molecular weight excluding hydrogens is 278 g/mol. The van der Waals surface area contributed by atoms with Gasteiger partial charge in [-0.2, -0.15) is 4.98 Å². The van der Waals surface area contributed by atoms with E-state index in [4.69, 9.17) is 4.74 Å². The molecular formula is C13H13N3O3S. The quantitative estimate of drug-likeness (QED) is 0.644. The maximum absolute atomic E-state index is 11.7. The molecule has 2 N–H and O–H groups in total. The van der Waals surface area contributed by atoms with Crippen LogP contribution < -0.4 is 15.6 Å². The molecule has 7 heteroatoms. The molecule has 1 heterocycles. The summed E-state index contributed by atoms with van der Waals surface area (Å²) < 4.78 is 4.89. The zero-order chi connectivity index (χ0) is 14.4. The highest BCUT2D eigenvalue weighted by molar-refractivity contribution is 7.99.